The molecule has 1 aliphatic heterocycles. The summed E-state index contributed by atoms with van der Waals surface area (Å²) in [6, 6.07) is 6.87. The number of likely N-dealkylation sites (tertiary alicyclic amines) is 1. The summed E-state index contributed by atoms with van der Waals surface area (Å²) in [6.07, 6.45) is 7.78. The van der Waals surface area contributed by atoms with Gasteiger partial charge in [0.15, 0.2) is 0 Å². The predicted molar refractivity (Wildman–Crippen MR) is 103 cm³/mol. The first kappa shape index (κ1) is 17.5. The third kappa shape index (κ3) is 4.07. The van der Waals surface area contributed by atoms with Crippen molar-refractivity contribution in [3.05, 3.63) is 24.4 Å². The van der Waals surface area contributed by atoms with Crippen molar-refractivity contribution in [1.82, 2.24) is 14.9 Å². The monoisotopic (exact) mass is 356 g/mol. The molecule has 0 amide bonds. The van der Waals surface area contributed by atoms with Crippen molar-refractivity contribution in [1.29, 1.82) is 0 Å². The number of likely N-dealkylation sites (N-methyl/N-ethyl adjacent to an activating group) is 1. The summed E-state index contributed by atoms with van der Waals surface area (Å²) in [5.74, 6) is 1.52. The van der Waals surface area contributed by atoms with Crippen molar-refractivity contribution >= 4 is 16.9 Å². The molecule has 4 rings (SSSR count). The number of aliphatic hydroxyl groups is 1. The molecule has 1 atom stereocenters. The Morgan fingerprint density at radius 3 is 2.85 bits per heavy atom. The first-order valence-electron chi connectivity index (χ1n) is 9.72. The van der Waals surface area contributed by atoms with Gasteiger partial charge in [0.1, 0.15) is 12.4 Å². The van der Waals surface area contributed by atoms with Crippen LogP contribution < -0.4 is 10.1 Å². The van der Waals surface area contributed by atoms with Gasteiger partial charge in [-0.2, -0.15) is 0 Å². The maximum Gasteiger partial charge on any atom is 0.223 e. The van der Waals surface area contributed by atoms with Crippen molar-refractivity contribution in [2.24, 2.45) is 0 Å². The first-order chi connectivity index (χ1) is 12.7. The molecular weight excluding hydrogens is 328 g/mol. The van der Waals surface area contributed by atoms with E-state index in [2.05, 4.69) is 27.2 Å². The minimum absolute atomic E-state index is 0.149. The van der Waals surface area contributed by atoms with Crippen LogP contribution in [0, 0.1) is 0 Å². The zero-order chi connectivity index (χ0) is 17.9. The van der Waals surface area contributed by atoms with Crippen LogP contribution in [0.15, 0.2) is 24.4 Å². The number of fused-ring (bicyclic) bond motifs is 1. The highest BCUT2D eigenvalue weighted by Crippen LogP contribution is 2.24. The molecule has 6 heteroatoms. The summed E-state index contributed by atoms with van der Waals surface area (Å²) in [5.41, 5.74) is 0.899. The number of aromatic nitrogens is 2. The number of benzene rings is 1. The van der Waals surface area contributed by atoms with Crippen molar-refractivity contribution in [2.75, 3.05) is 25.5 Å². The lowest BCUT2D eigenvalue weighted by Gasteiger charge is -2.26. The van der Waals surface area contributed by atoms with E-state index < -0.39 is 0 Å². The average Bonchev–Trinajstić information content (AvgIpc) is 3.06. The topological polar surface area (TPSA) is 70.5 Å². The van der Waals surface area contributed by atoms with Gasteiger partial charge in [-0.05, 0) is 64.3 Å². The van der Waals surface area contributed by atoms with Crippen LogP contribution in [-0.4, -0.2) is 58.4 Å². The lowest BCUT2D eigenvalue weighted by molar-refractivity contribution is 0.126. The van der Waals surface area contributed by atoms with Crippen LogP contribution in [0.25, 0.3) is 10.9 Å². The van der Waals surface area contributed by atoms with Crippen LogP contribution in [0.1, 0.15) is 38.5 Å². The Morgan fingerprint density at radius 1 is 1.23 bits per heavy atom. The molecule has 2 N–H and O–H groups in total. The first-order valence-corrected chi connectivity index (χ1v) is 9.72. The number of ether oxygens (including phenoxy) is 1. The Bertz CT molecular complexity index is 746. The number of aliphatic hydroxyl groups excluding tert-OH is 1. The van der Waals surface area contributed by atoms with Crippen LogP contribution in [0.3, 0.4) is 0 Å². The molecule has 1 saturated carbocycles. The second-order valence-corrected chi connectivity index (χ2v) is 7.65. The molecule has 0 radical (unpaired) electrons. The van der Waals surface area contributed by atoms with Gasteiger partial charge in [-0.1, -0.05) is 0 Å². The highest BCUT2D eigenvalue weighted by Gasteiger charge is 2.21. The van der Waals surface area contributed by atoms with Gasteiger partial charge in [-0.3, -0.25) is 0 Å². The van der Waals surface area contributed by atoms with Gasteiger partial charge in [0.05, 0.1) is 11.6 Å². The standard InChI is InChI=1S/C20H28N4O2/c1-24-10-2-3-16(24)13-26-18-9-4-14-12-21-20(23-19(14)11-18)22-15-5-7-17(25)8-6-15/h4,9,11-12,15-17,25H,2-3,5-8,10,13H2,1H3,(H,21,22,23)/t15-,16-,17-/m0/s1. The number of nitrogens with one attached hydrogen (secondary N) is 1. The Balaban J connectivity index is 1.42. The normalized spacial score (nSPS) is 26.9. The lowest BCUT2D eigenvalue weighted by Crippen LogP contribution is -2.30. The van der Waals surface area contributed by atoms with Crippen molar-refractivity contribution < 1.29 is 9.84 Å². The highest BCUT2D eigenvalue weighted by molar-refractivity contribution is 5.80. The Morgan fingerprint density at radius 2 is 2.08 bits per heavy atom. The molecule has 2 fully saturated rings. The molecule has 26 heavy (non-hydrogen) atoms. The Hall–Kier alpha value is -1.92. The quantitative estimate of drug-likeness (QED) is 0.858. The van der Waals surface area contributed by atoms with E-state index in [-0.39, 0.29) is 6.10 Å². The van der Waals surface area contributed by atoms with Gasteiger partial charge in [0, 0.05) is 29.7 Å². The largest absolute Gasteiger partial charge is 0.492 e. The summed E-state index contributed by atoms with van der Waals surface area (Å²) in [6.45, 7) is 1.88. The molecule has 2 heterocycles. The van der Waals surface area contributed by atoms with Gasteiger partial charge >= 0.3 is 0 Å². The van der Waals surface area contributed by atoms with Gasteiger partial charge in [0.25, 0.3) is 0 Å². The van der Waals surface area contributed by atoms with E-state index in [1.54, 1.807) is 0 Å². The van der Waals surface area contributed by atoms with E-state index in [0.717, 1.165) is 55.5 Å². The van der Waals surface area contributed by atoms with Crippen LogP contribution in [0.5, 0.6) is 5.75 Å². The van der Waals surface area contributed by atoms with Crippen molar-refractivity contribution in [3.8, 4) is 5.75 Å². The molecule has 0 unspecified atom stereocenters. The lowest BCUT2D eigenvalue weighted by atomic mass is 9.93. The number of nitrogens with zero attached hydrogens (tertiary/aromatic N) is 3. The summed E-state index contributed by atoms with van der Waals surface area (Å²) in [5, 5.41) is 14.1. The molecule has 6 nitrogen and oxygen atoms in total. The van der Waals surface area contributed by atoms with E-state index in [1.807, 2.05) is 24.4 Å². The molecule has 1 aliphatic carbocycles. The van der Waals surface area contributed by atoms with E-state index >= 15 is 0 Å². The summed E-state index contributed by atoms with van der Waals surface area (Å²) >= 11 is 0. The fourth-order valence-electron chi connectivity index (χ4n) is 3.95. The Kier molecular flexibility index (Phi) is 5.22. The van der Waals surface area contributed by atoms with Gasteiger partial charge < -0.3 is 20.1 Å². The number of hydrogen-bond acceptors (Lipinski definition) is 6. The fraction of sp³-hybridized carbons (Fsp3) is 0.600. The van der Waals surface area contributed by atoms with E-state index in [1.165, 1.54) is 12.8 Å². The second kappa shape index (κ2) is 7.76. The average molecular weight is 356 g/mol. The summed E-state index contributed by atoms with van der Waals surface area (Å²) < 4.78 is 6.02. The molecule has 1 saturated heterocycles. The highest BCUT2D eigenvalue weighted by atomic mass is 16.5. The molecule has 1 aromatic heterocycles. The molecule has 1 aromatic carbocycles. The Labute approximate surface area is 154 Å². The smallest absolute Gasteiger partial charge is 0.223 e. The minimum Gasteiger partial charge on any atom is -0.492 e. The summed E-state index contributed by atoms with van der Waals surface area (Å²) in [4.78, 5) is 11.5. The predicted octanol–water partition coefficient (Wildman–Crippen LogP) is 2.82. The number of anilines is 1. The maximum atomic E-state index is 9.63. The third-order valence-electron chi connectivity index (χ3n) is 5.70. The van der Waals surface area contributed by atoms with E-state index in [9.17, 15) is 5.11 Å². The number of hydrogen-bond donors (Lipinski definition) is 2. The summed E-state index contributed by atoms with van der Waals surface area (Å²) in [7, 11) is 2.16. The zero-order valence-corrected chi connectivity index (χ0v) is 15.4. The van der Waals surface area contributed by atoms with Crippen molar-refractivity contribution in [2.45, 2.75) is 56.7 Å². The zero-order valence-electron chi connectivity index (χ0n) is 15.4. The molecule has 2 aromatic rings. The SMILES string of the molecule is CN1CCC[C@H]1COc1ccc2cnc(N[C@H]3CC[C@H](O)CC3)nc2c1. The van der Waals surface area contributed by atoms with E-state index in [0.29, 0.717) is 18.0 Å². The molecule has 0 bridgehead atoms. The van der Waals surface area contributed by atoms with Crippen LogP contribution in [0.4, 0.5) is 5.95 Å². The van der Waals surface area contributed by atoms with Gasteiger partial charge in [0.2, 0.25) is 5.95 Å². The van der Waals surface area contributed by atoms with E-state index in [4.69, 9.17) is 4.74 Å². The van der Waals surface area contributed by atoms with Crippen molar-refractivity contribution in [3.63, 3.8) is 0 Å². The van der Waals surface area contributed by atoms with Gasteiger partial charge in [-0.25, -0.2) is 9.97 Å². The minimum atomic E-state index is -0.149. The molecule has 140 valence electrons. The second-order valence-electron chi connectivity index (χ2n) is 7.65. The number of rotatable bonds is 5. The maximum absolute atomic E-state index is 9.63. The van der Waals surface area contributed by atoms with Crippen LogP contribution in [0.2, 0.25) is 0 Å². The molecular formula is C20H28N4O2. The third-order valence-corrected chi connectivity index (χ3v) is 5.70. The molecule has 0 spiro atoms. The van der Waals surface area contributed by atoms with Crippen LogP contribution >= 0.6 is 0 Å². The molecule has 2 aliphatic rings. The van der Waals surface area contributed by atoms with Gasteiger partial charge in [-0.15, -0.1) is 0 Å². The fourth-order valence-corrected chi connectivity index (χ4v) is 3.95. The van der Waals surface area contributed by atoms with Crippen LogP contribution in [-0.2, 0) is 0 Å².